The van der Waals surface area contributed by atoms with Crippen molar-refractivity contribution in [3.05, 3.63) is 33.4 Å². The summed E-state index contributed by atoms with van der Waals surface area (Å²) in [5, 5.41) is 10.7. The minimum atomic E-state index is -4.71. The lowest BCUT2D eigenvalue weighted by atomic mass is 10.2. The van der Waals surface area contributed by atoms with E-state index >= 15 is 0 Å². The first kappa shape index (κ1) is 23.4. The molecule has 0 aliphatic carbocycles. The van der Waals surface area contributed by atoms with Crippen LogP contribution in [-0.4, -0.2) is 38.2 Å². The maximum absolute atomic E-state index is 13.0. The molecule has 0 radical (unpaired) electrons. The number of hydrogen-bond acceptors (Lipinski definition) is 5. The van der Waals surface area contributed by atoms with Gasteiger partial charge in [-0.2, -0.15) is 18.3 Å². The lowest BCUT2D eigenvalue weighted by molar-refractivity contribution is -0.137. The molecular formula is C14H12Cl3F3N6O2S. The van der Waals surface area contributed by atoms with Gasteiger partial charge in [0.05, 0.1) is 27.0 Å². The van der Waals surface area contributed by atoms with Crippen molar-refractivity contribution in [1.29, 1.82) is 5.41 Å². The molecule has 15 heteroatoms. The summed E-state index contributed by atoms with van der Waals surface area (Å²) in [6, 6.07) is 1.22. The van der Waals surface area contributed by atoms with Crippen LogP contribution in [0.1, 0.15) is 11.3 Å². The Kier molecular flexibility index (Phi) is 6.85. The molecule has 1 atom stereocenters. The average molecular weight is 492 g/mol. The third-order valence-electron chi connectivity index (χ3n) is 3.51. The highest BCUT2D eigenvalue weighted by Crippen LogP contribution is 2.40. The molecule has 0 spiro atoms. The summed E-state index contributed by atoms with van der Waals surface area (Å²) >= 11 is 15.5. The lowest BCUT2D eigenvalue weighted by Crippen LogP contribution is -2.38. The molecule has 0 aliphatic heterocycles. The Labute approximate surface area is 180 Å². The van der Waals surface area contributed by atoms with Gasteiger partial charge in [0.15, 0.2) is 17.2 Å². The first-order valence-electron chi connectivity index (χ1n) is 7.33. The second kappa shape index (κ2) is 8.48. The van der Waals surface area contributed by atoms with Crippen molar-refractivity contribution in [3.63, 3.8) is 0 Å². The Morgan fingerprint density at radius 2 is 1.90 bits per heavy atom. The number of nitrogens with zero attached hydrogens (tertiary/aromatic N) is 3. The number of halogens is 6. The number of nitrogens with two attached hydrogens (primary N) is 2. The Hall–Kier alpha value is -1.86. The average Bonchev–Trinajstić information content (AvgIpc) is 2.91. The van der Waals surface area contributed by atoms with Crippen LogP contribution in [0.5, 0.6) is 0 Å². The highest BCUT2D eigenvalue weighted by Gasteiger charge is 2.36. The van der Waals surface area contributed by atoms with Gasteiger partial charge in [-0.1, -0.05) is 23.2 Å². The first-order valence-corrected chi connectivity index (χ1v) is 10.1. The van der Waals surface area contributed by atoms with E-state index in [0.717, 1.165) is 10.9 Å². The van der Waals surface area contributed by atoms with Gasteiger partial charge in [-0.3, -0.25) is 10.2 Å². The summed E-state index contributed by atoms with van der Waals surface area (Å²) < 4.78 is 52.4. The van der Waals surface area contributed by atoms with Crippen LogP contribution >= 0.6 is 34.8 Å². The molecule has 1 heterocycles. The number of nitrogen functional groups attached to an aromatic ring is 2. The number of carbonyl (C=O) groups excluding carboxylic acids is 1. The second-order valence-corrected chi connectivity index (χ2v) is 7.73. The Bertz CT molecular complexity index is 959. The van der Waals surface area contributed by atoms with E-state index in [4.69, 9.17) is 51.7 Å². The molecule has 2 rings (SSSR count). The van der Waals surface area contributed by atoms with Crippen LogP contribution in [0.4, 0.5) is 24.7 Å². The molecule has 158 valence electrons. The molecule has 1 aromatic heterocycles. The number of amides is 1. The number of alkyl halides is 4. The largest absolute Gasteiger partial charge is 0.593 e. The maximum atomic E-state index is 13.0. The summed E-state index contributed by atoms with van der Waals surface area (Å²) in [6.45, 7) is 0. The van der Waals surface area contributed by atoms with Gasteiger partial charge < -0.3 is 16.0 Å². The molecular weight excluding hydrogens is 480 g/mol. The highest BCUT2D eigenvalue weighted by molar-refractivity contribution is 7.92. The quantitative estimate of drug-likeness (QED) is 0.256. The van der Waals surface area contributed by atoms with Crippen molar-refractivity contribution in [3.8, 4) is 5.69 Å². The number of anilines is 2. The van der Waals surface area contributed by atoms with Gasteiger partial charge in [0.25, 0.3) is 5.91 Å². The number of carbonyl (C=O) groups is 1. The normalized spacial score (nSPS) is 12.7. The number of aromatic nitrogens is 2. The van der Waals surface area contributed by atoms with Crippen molar-refractivity contribution in [2.75, 3.05) is 22.2 Å². The van der Waals surface area contributed by atoms with Gasteiger partial charge >= 0.3 is 6.18 Å². The molecule has 1 unspecified atom stereocenters. The Morgan fingerprint density at radius 1 is 1.38 bits per heavy atom. The van der Waals surface area contributed by atoms with Crippen molar-refractivity contribution >= 4 is 69.4 Å². The highest BCUT2D eigenvalue weighted by atomic mass is 35.5. The zero-order chi connectivity index (χ0) is 22.3. The zero-order valence-electron chi connectivity index (χ0n) is 14.4. The zero-order valence-corrected chi connectivity index (χ0v) is 17.4. The fourth-order valence-electron chi connectivity index (χ4n) is 2.36. The van der Waals surface area contributed by atoms with E-state index in [1.54, 1.807) is 0 Å². The van der Waals surface area contributed by atoms with Gasteiger partial charge in [0.2, 0.25) is 0 Å². The minimum absolute atomic E-state index is 0.257. The molecule has 0 bridgehead atoms. The second-order valence-electron chi connectivity index (χ2n) is 5.44. The van der Waals surface area contributed by atoms with Crippen LogP contribution in [0.2, 0.25) is 10.0 Å². The molecule has 29 heavy (non-hydrogen) atoms. The number of nitrogens with one attached hydrogen (secondary N) is 1. The third kappa shape index (κ3) is 4.51. The first-order chi connectivity index (χ1) is 13.3. The number of amidine groups is 1. The molecule has 5 N–H and O–H groups in total. The topological polar surface area (TPSA) is 137 Å². The van der Waals surface area contributed by atoms with Gasteiger partial charge in [-0.25, -0.2) is 4.68 Å². The van der Waals surface area contributed by atoms with E-state index < -0.39 is 56.6 Å². The molecule has 0 aliphatic rings. The predicted octanol–water partition coefficient (Wildman–Crippen LogP) is 2.93. The fraction of sp³-hybridized carbons (Fsp3) is 0.214. The summed E-state index contributed by atoms with van der Waals surface area (Å²) in [5.41, 5.74) is 9.42. The van der Waals surface area contributed by atoms with Crippen LogP contribution in [0, 0.1) is 5.41 Å². The van der Waals surface area contributed by atoms with Crippen molar-refractivity contribution in [1.82, 2.24) is 9.78 Å². The van der Waals surface area contributed by atoms with E-state index in [2.05, 4.69) is 5.10 Å². The number of rotatable bonds is 5. The van der Waals surface area contributed by atoms with Crippen LogP contribution < -0.4 is 15.8 Å². The van der Waals surface area contributed by atoms with Gasteiger partial charge in [-0.05, 0) is 12.1 Å². The summed E-state index contributed by atoms with van der Waals surface area (Å²) in [4.78, 5) is 12.1. The van der Waals surface area contributed by atoms with E-state index in [1.165, 1.54) is 0 Å². The molecule has 1 amide bonds. The van der Waals surface area contributed by atoms with Crippen LogP contribution in [0.3, 0.4) is 0 Å². The van der Waals surface area contributed by atoms with E-state index in [0.29, 0.717) is 16.4 Å². The molecule has 2 aromatic rings. The van der Waals surface area contributed by atoms with E-state index in [1.807, 2.05) is 0 Å². The van der Waals surface area contributed by atoms with E-state index in [-0.39, 0.29) is 17.1 Å². The Balaban J connectivity index is 2.81. The minimum Gasteiger partial charge on any atom is -0.593 e. The van der Waals surface area contributed by atoms with Gasteiger partial charge in [0.1, 0.15) is 23.7 Å². The van der Waals surface area contributed by atoms with E-state index in [9.17, 15) is 22.5 Å². The SMILES string of the molecule is C[S+]([O-])N(C(=O)CCl)c1c(C(=N)N)nn(-c2c(Cl)cc(C(F)(F)F)cc2Cl)c1N. The monoisotopic (exact) mass is 490 g/mol. The Morgan fingerprint density at radius 3 is 2.28 bits per heavy atom. The molecule has 0 saturated heterocycles. The summed E-state index contributed by atoms with van der Waals surface area (Å²) in [7, 11) is 0. The third-order valence-corrected chi connectivity index (χ3v) is 5.21. The maximum Gasteiger partial charge on any atom is 0.416 e. The van der Waals surface area contributed by atoms with Crippen LogP contribution in [0.25, 0.3) is 5.69 Å². The lowest BCUT2D eigenvalue weighted by Gasteiger charge is -2.21. The molecule has 0 saturated carbocycles. The number of hydrogen-bond donors (Lipinski definition) is 3. The fourth-order valence-corrected chi connectivity index (χ4v) is 3.98. The van der Waals surface area contributed by atoms with Crippen LogP contribution in [-0.2, 0) is 22.3 Å². The van der Waals surface area contributed by atoms with Gasteiger partial charge in [-0.15, -0.1) is 15.9 Å². The van der Waals surface area contributed by atoms with Gasteiger partial charge in [0, 0.05) is 0 Å². The summed E-state index contributed by atoms with van der Waals surface area (Å²) in [6.07, 6.45) is -3.57. The number of benzene rings is 1. The van der Waals surface area contributed by atoms with Crippen molar-refractivity contribution in [2.24, 2.45) is 5.73 Å². The molecule has 0 fully saturated rings. The van der Waals surface area contributed by atoms with Crippen molar-refractivity contribution in [2.45, 2.75) is 6.18 Å². The molecule has 1 aromatic carbocycles. The van der Waals surface area contributed by atoms with Crippen molar-refractivity contribution < 1.29 is 22.5 Å². The standard InChI is InChI=1S/C14H12Cl3F3N6O2S/c1-29(28)26(8(27)4-15)11-9(12(21)22)24-25(13(11)23)10-6(16)2-5(3-7(10)17)14(18,19)20/h2-3H,4,23H2,1H3,(H3,21,22). The predicted molar refractivity (Wildman–Crippen MR) is 106 cm³/mol. The smallest absolute Gasteiger partial charge is 0.416 e. The van der Waals surface area contributed by atoms with Crippen LogP contribution in [0.15, 0.2) is 12.1 Å². The summed E-state index contributed by atoms with van der Waals surface area (Å²) in [5.74, 6) is -2.48. The molecule has 8 nitrogen and oxygen atoms in total.